The van der Waals surface area contributed by atoms with Crippen molar-refractivity contribution in [1.29, 1.82) is 0 Å². The normalized spacial score (nSPS) is 18.1. The quantitative estimate of drug-likeness (QED) is 0.767. The van der Waals surface area contributed by atoms with Crippen molar-refractivity contribution in [1.82, 2.24) is 10.2 Å². The summed E-state index contributed by atoms with van der Waals surface area (Å²) in [6.45, 7) is 8.12. The van der Waals surface area contributed by atoms with Gasteiger partial charge in [-0.05, 0) is 56.9 Å². The molecule has 1 aromatic rings. The van der Waals surface area contributed by atoms with E-state index in [0.717, 1.165) is 13.0 Å². The molecular formula is C20H35N3O. The Hall–Kier alpha value is -1.10. The summed E-state index contributed by atoms with van der Waals surface area (Å²) in [6, 6.07) is 9.27. The van der Waals surface area contributed by atoms with Crippen LogP contribution in [-0.4, -0.2) is 55.9 Å². The lowest BCUT2D eigenvalue weighted by Gasteiger charge is -2.37. The van der Waals surface area contributed by atoms with Crippen molar-refractivity contribution in [2.24, 2.45) is 5.92 Å². The third-order valence-electron chi connectivity index (χ3n) is 5.05. The Labute approximate surface area is 147 Å². The van der Waals surface area contributed by atoms with E-state index in [4.69, 9.17) is 0 Å². The molecule has 1 unspecified atom stereocenters. The maximum atomic E-state index is 10.0. The molecule has 0 radical (unpaired) electrons. The van der Waals surface area contributed by atoms with Gasteiger partial charge in [0.25, 0.3) is 0 Å². The van der Waals surface area contributed by atoms with Gasteiger partial charge < -0.3 is 20.2 Å². The van der Waals surface area contributed by atoms with Crippen LogP contribution in [0.15, 0.2) is 24.3 Å². The summed E-state index contributed by atoms with van der Waals surface area (Å²) in [5.74, 6) is 0.532. The molecule has 0 aliphatic carbocycles. The van der Waals surface area contributed by atoms with Gasteiger partial charge in [-0.2, -0.15) is 0 Å². The summed E-state index contributed by atoms with van der Waals surface area (Å²) >= 11 is 0. The largest absolute Gasteiger partial charge is 0.392 e. The van der Waals surface area contributed by atoms with Gasteiger partial charge in [-0.25, -0.2) is 0 Å². The van der Waals surface area contributed by atoms with Gasteiger partial charge in [0.2, 0.25) is 0 Å². The van der Waals surface area contributed by atoms with Crippen molar-refractivity contribution in [2.45, 2.75) is 51.8 Å². The van der Waals surface area contributed by atoms with Crippen molar-refractivity contribution < 1.29 is 5.11 Å². The predicted octanol–water partition coefficient (Wildman–Crippen LogP) is 2.71. The molecule has 24 heavy (non-hydrogen) atoms. The summed E-state index contributed by atoms with van der Waals surface area (Å²) in [6.07, 6.45) is 3.04. The Kier molecular flexibility index (Phi) is 7.53. The molecule has 2 rings (SSSR count). The molecule has 0 saturated carbocycles. The molecule has 1 fully saturated rings. The zero-order valence-corrected chi connectivity index (χ0v) is 15.8. The van der Waals surface area contributed by atoms with Crippen molar-refractivity contribution in [3.05, 3.63) is 29.8 Å². The number of rotatable bonds is 8. The number of aliphatic hydroxyl groups excluding tert-OH is 1. The topological polar surface area (TPSA) is 38.7 Å². The summed E-state index contributed by atoms with van der Waals surface area (Å²) in [7, 11) is 4.43. The first-order valence-corrected chi connectivity index (χ1v) is 9.35. The first-order valence-electron chi connectivity index (χ1n) is 9.35. The van der Waals surface area contributed by atoms with Crippen LogP contribution in [0.1, 0.15) is 38.7 Å². The Morgan fingerprint density at radius 2 is 1.92 bits per heavy atom. The minimum absolute atomic E-state index is 0.260. The Bertz CT molecular complexity index is 484. The van der Waals surface area contributed by atoms with E-state index in [1.165, 1.54) is 37.2 Å². The molecule has 1 saturated heterocycles. The average Bonchev–Trinajstić information content (AvgIpc) is 2.55. The van der Waals surface area contributed by atoms with E-state index in [9.17, 15) is 5.11 Å². The molecule has 2 N–H and O–H groups in total. The van der Waals surface area contributed by atoms with E-state index in [-0.39, 0.29) is 6.10 Å². The van der Waals surface area contributed by atoms with Crippen molar-refractivity contribution >= 4 is 5.69 Å². The second kappa shape index (κ2) is 9.40. The minimum Gasteiger partial charge on any atom is -0.392 e. The molecular weight excluding hydrogens is 298 g/mol. The number of hydrogen-bond donors (Lipinski definition) is 2. The second-order valence-corrected chi connectivity index (χ2v) is 7.69. The van der Waals surface area contributed by atoms with Gasteiger partial charge in [-0.15, -0.1) is 0 Å². The van der Waals surface area contributed by atoms with Crippen LogP contribution in [-0.2, 0) is 6.54 Å². The number of nitrogens with zero attached hydrogens (tertiary/aromatic N) is 2. The highest BCUT2D eigenvalue weighted by Gasteiger charge is 2.22. The van der Waals surface area contributed by atoms with Crippen LogP contribution in [0.2, 0.25) is 0 Å². The smallest absolute Gasteiger partial charge is 0.0667 e. The number of aliphatic hydroxyl groups is 1. The van der Waals surface area contributed by atoms with Crippen molar-refractivity contribution in [2.75, 3.05) is 38.6 Å². The van der Waals surface area contributed by atoms with E-state index in [2.05, 4.69) is 67.3 Å². The Balaban J connectivity index is 1.92. The fourth-order valence-electron chi connectivity index (χ4n) is 3.58. The summed E-state index contributed by atoms with van der Waals surface area (Å²) in [5.41, 5.74) is 2.63. The van der Waals surface area contributed by atoms with Gasteiger partial charge in [-0.3, -0.25) is 0 Å². The van der Waals surface area contributed by atoms with E-state index < -0.39 is 0 Å². The highest BCUT2D eigenvalue weighted by atomic mass is 16.3. The Morgan fingerprint density at radius 1 is 1.25 bits per heavy atom. The zero-order valence-electron chi connectivity index (χ0n) is 15.8. The molecule has 1 aromatic carbocycles. The predicted molar refractivity (Wildman–Crippen MR) is 103 cm³/mol. The van der Waals surface area contributed by atoms with Gasteiger partial charge in [0, 0.05) is 31.9 Å². The molecule has 136 valence electrons. The number of nitrogens with one attached hydrogen (secondary N) is 1. The van der Waals surface area contributed by atoms with E-state index in [1.807, 2.05) is 0 Å². The maximum Gasteiger partial charge on any atom is 0.0667 e. The number of benzene rings is 1. The third-order valence-corrected chi connectivity index (χ3v) is 5.05. The van der Waals surface area contributed by atoms with Crippen LogP contribution in [0.5, 0.6) is 0 Å². The molecule has 0 spiro atoms. The van der Waals surface area contributed by atoms with Crippen molar-refractivity contribution in [3.63, 3.8) is 0 Å². The monoisotopic (exact) mass is 333 g/mol. The maximum absolute atomic E-state index is 10.0. The van der Waals surface area contributed by atoms with E-state index in [1.54, 1.807) is 0 Å². The van der Waals surface area contributed by atoms with Crippen LogP contribution < -0.4 is 10.2 Å². The Morgan fingerprint density at radius 3 is 2.58 bits per heavy atom. The molecule has 1 heterocycles. The summed E-state index contributed by atoms with van der Waals surface area (Å²) < 4.78 is 0. The molecule has 0 aromatic heterocycles. The van der Waals surface area contributed by atoms with Crippen LogP contribution in [0.4, 0.5) is 5.69 Å². The van der Waals surface area contributed by atoms with Gasteiger partial charge in [0.1, 0.15) is 0 Å². The van der Waals surface area contributed by atoms with Gasteiger partial charge in [0.05, 0.1) is 6.10 Å². The molecule has 0 amide bonds. The molecule has 4 nitrogen and oxygen atoms in total. The standard InChI is InChI=1S/C20H35N3O/c1-16(2)13-19(24)15-21-14-17-7-5-6-8-20(17)23(4)18-9-11-22(3)12-10-18/h5-8,16,18-19,21,24H,9-15H2,1-4H3. The summed E-state index contributed by atoms with van der Waals surface area (Å²) in [4.78, 5) is 4.86. The average molecular weight is 334 g/mol. The fraction of sp³-hybridized carbons (Fsp3) is 0.700. The molecule has 1 aliphatic rings. The first kappa shape index (κ1) is 19.2. The number of para-hydroxylation sites is 1. The zero-order chi connectivity index (χ0) is 17.5. The van der Waals surface area contributed by atoms with Crippen LogP contribution >= 0.6 is 0 Å². The highest BCUT2D eigenvalue weighted by molar-refractivity contribution is 5.54. The molecule has 0 bridgehead atoms. The van der Waals surface area contributed by atoms with Gasteiger partial charge in [-0.1, -0.05) is 32.0 Å². The number of anilines is 1. The van der Waals surface area contributed by atoms with Gasteiger partial charge in [0.15, 0.2) is 0 Å². The lowest BCUT2D eigenvalue weighted by atomic mass is 10.0. The first-order chi connectivity index (χ1) is 11.5. The number of likely N-dealkylation sites (tertiary alicyclic amines) is 1. The molecule has 1 atom stereocenters. The second-order valence-electron chi connectivity index (χ2n) is 7.69. The number of hydrogen-bond acceptors (Lipinski definition) is 4. The molecule has 4 heteroatoms. The fourth-order valence-corrected chi connectivity index (χ4v) is 3.58. The van der Waals surface area contributed by atoms with E-state index in [0.29, 0.717) is 18.5 Å². The van der Waals surface area contributed by atoms with Crippen LogP contribution in [0.25, 0.3) is 0 Å². The van der Waals surface area contributed by atoms with Crippen LogP contribution in [0.3, 0.4) is 0 Å². The molecule has 1 aliphatic heterocycles. The minimum atomic E-state index is -0.260. The lowest BCUT2D eigenvalue weighted by molar-refractivity contribution is 0.146. The highest BCUT2D eigenvalue weighted by Crippen LogP contribution is 2.25. The van der Waals surface area contributed by atoms with Crippen molar-refractivity contribution in [3.8, 4) is 0 Å². The van der Waals surface area contributed by atoms with Gasteiger partial charge >= 0.3 is 0 Å². The van der Waals surface area contributed by atoms with Crippen LogP contribution in [0, 0.1) is 5.92 Å². The lowest BCUT2D eigenvalue weighted by Crippen LogP contribution is -2.42. The SMILES string of the molecule is CC(C)CC(O)CNCc1ccccc1N(C)C1CCN(C)CC1. The summed E-state index contributed by atoms with van der Waals surface area (Å²) in [5, 5.41) is 13.5. The van der Waals surface area contributed by atoms with E-state index >= 15 is 0 Å². The third kappa shape index (κ3) is 5.76. The number of piperidine rings is 1.